The van der Waals surface area contributed by atoms with Crippen molar-refractivity contribution in [1.29, 1.82) is 0 Å². The van der Waals surface area contributed by atoms with Crippen molar-refractivity contribution in [3.05, 3.63) is 72.4 Å². The highest BCUT2D eigenvalue weighted by atomic mass is 16.5. The predicted octanol–water partition coefficient (Wildman–Crippen LogP) is 1.68. The van der Waals surface area contributed by atoms with E-state index in [1.54, 1.807) is 17.2 Å². The molecule has 9 heteroatoms. The maximum absolute atomic E-state index is 13.2. The summed E-state index contributed by atoms with van der Waals surface area (Å²) in [5.74, 6) is -1.10. The van der Waals surface area contributed by atoms with Gasteiger partial charge in [-0.2, -0.15) is 5.10 Å². The lowest BCUT2D eigenvalue weighted by atomic mass is 10.1. The highest BCUT2D eigenvalue weighted by Crippen LogP contribution is 2.23. The van der Waals surface area contributed by atoms with E-state index in [0.29, 0.717) is 58.0 Å². The van der Waals surface area contributed by atoms with Crippen molar-refractivity contribution < 1.29 is 19.1 Å². The summed E-state index contributed by atoms with van der Waals surface area (Å²) in [5, 5.41) is 4.46. The van der Waals surface area contributed by atoms with Crippen LogP contribution in [-0.2, 0) is 14.3 Å². The SMILES string of the molecule is O=C(C(=O)N1CCN(C(=O)c2cccc(-n3nccc3-c3ccccc3)c2)CC1)N1CCOCC1. The van der Waals surface area contributed by atoms with Crippen LogP contribution in [0.2, 0.25) is 0 Å². The fourth-order valence-corrected chi connectivity index (χ4v) is 4.44. The highest BCUT2D eigenvalue weighted by molar-refractivity contribution is 6.35. The van der Waals surface area contributed by atoms with Gasteiger partial charge in [0.25, 0.3) is 5.91 Å². The van der Waals surface area contributed by atoms with Crippen molar-refractivity contribution in [3.63, 3.8) is 0 Å². The van der Waals surface area contributed by atoms with Crippen LogP contribution in [0.3, 0.4) is 0 Å². The third-order valence-corrected chi connectivity index (χ3v) is 6.39. The number of carbonyl (C=O) groups is 3. The van der Waals surface area contributed by atoms with Gasteiger partial charge in [-0.1, -0.05) is 36.4 Å². The molecule has 2 aliphatic rings. The molecule has 180 valence electrons. The zero-order chi connectivity index (χ0) is 24.2. The van der Waals surface area contributed by atoms with Crippen LogP contribution in [0, 0.1) is 0 Å². The van der Waals surface area contributed by atoms with Crippen LogP contribution in [0.25, 0.3) is 16.9 Å². The fraction of sp³-hybridized carbons (Fsp3) is 0.308. The number of piperazine rings is 1. The molecule has 1 aromatic heterocycles. The van der Waals surface area contributed by atoms with E-state index in [9.17, 15) is 14.4 Å². The van der Waals surface area contributed by atoms with Gasteiger partial charge in [-0.15, -0.1) is 0 Å². The molecule has 3 amide bonds. The number of carbonyl (C=O) groups excluding carboxylic acids is 3. The Morgan fingerprint density at radius 3 is 2.09 bits per heavy atom. The van der Waals surface area contributed by atoms with Gasteiger partial charge in [0.05, 0.1) is 30.8 Å². The van der Waals surface area contributed by atoms with Crippen LogP contribution in [0.4, 0.5) is 0 Å². The second kappa shape index (κ2) is 10.1. The van der Waals surface area contributed by atoms with Crippen molar-refractivity contribution in [2.45, 2.75) is 0 Å². The molecule has 0 radical (unpaired) electrons. The first-order valence-corrected chi connectivity index (χ1v) is 11.8. The molecule has 0 aliphatic carbocycles. The van der Waals surface area contributed by atoms with E-state index >= 15 is 0 Å². The van der Waals surface area contributed by atoms with E-state index in [-0.39, 0.29) is 5.91 Å². The minimum absolute atomic E-state index is 0.105. The summed E-state index contributed by atoms with van der Waals surface area (Å²) < 4.78 is 7.07. The Balaban J connectivity index is 1.25. The van der Waals surface area contributed by atoms with Gasteiger partial charge in [0, 0.05) is 50.4 Å². The number of morpholine rings is 1. The van der Waals surface area contributed by atoms with Crippen LogP contribution in [0.5, 0.6) is 0 Å². The van der Waals surface area contributed by atoms with Crippen LogP contribution in [0.1, 0.15) is 10.4 Å². The number of hydrogen-bond donors (Lipinski definition) is 0. The summed E-state index contributed by atoms with van der Waals surface area (Å²) in [6, 6.07) is 19.3. The molecule has 3 heterocycles. The monoisotopic (exact) mass is 473 g/mol. The first-order valence-electron chi connectivity index (χ1n) is 11.8. The van der Waals surface area contributed by atoms with Crippen molar-refractivity contribution in [3.8, 4) is 16.9 Å². The highest BCUT2D eigenvalue weighted by Gasteiger charge is 2.31. The maximum Gasteiger partial charge on any atom is 0.312 e. The predicted molar refractivity (Wildman–Crippen MR) is 129 cm³/mol. The van der Waals surface area contributed by atoms with Gasteiger partial charge in [0.15, 0.2) is 0 Å². The van der Waals surface area contributed by atoms with Gasteiger partial charge in [-0.25, -0.2) is 4.68 Å². The van der Waals surface area contributed by atoms with E-state index in [1.807, 2.05) is 59.3 Å². The zero-order valence-corrected chi connectivity index (χ0v) is 19.4. The quantitative estimate of drug-likeness (QED) is 0.540. The molecular formula is C26H27N5O4. The number of amides is 3. The summed E-state index contributed by atoms with van der Waals surface area (Å²) in [7, 11) is 0. The Kier molecular flexibility index (Phi) is 6.58. The molecule has 0 unspecified atom stereocenters. The van der Waals surface area contributed by atoms with E-state index in [4.69, 9.17) is 4.74 Å². The van der Waals surface area contributed by atoms with Gasteiger partial charge in [0.2, 0.25) is 0 Å². The summed E-state index contributed by atoms with van der Waals surface area (Å²) in [6.07, 6.45) is 1.74. The molecule has 2 saturated heterocycles. The smallest absolute Gasteiger partial charge is 0.312 e. The van der Waals surface area contributed by atoms with Crippen molar-refractivity contribution in [2.24, 2.45) is 0 Å². The molecule has 0 bridgehead atoms. The van der Waals surface area contributed by atoms with E-state index < -0.39 is 11.8 Å². The first kappa shape index (κ1) is 22.8. The number of aromatic nitrogens is 2. The molecule has 0 saturated carbocycles. The van der Waals surface area contributed by atoms with Crippen molar-refractivity contribution in [1.82, 2.24) is 24.5 Å². The maximum atomic E-state index is 13.2. The molecule has 2 fully saturated rings. The van der Waals surface area contributed by atoms with Gasteiger partial charge in [0.1, 0.15) is 0 Å². The summed E-state index contributed by atoms with van der Waals surface area (Å²) in [6.45, 7) is 3.18. The van der Waals surface area contributed by atoms with Crippen molar-refractivity contribution >= 4 is 17.7 Å². The summed E-state index contributed by atoms with van der Waals surface area (Å²) in [5.41, 5.74) is 3.33. The third kappa shape index (κ3) is 4.81. The largest absolute Gasteiger partial charge is 0.378 e. The Labute approximate surface area is 203 Å². The van der Waals surface area contributed by atoms with E-state index in [0.717, 1.165) is 16.9 Å². The number of rotatable bonds is 3. The number of ether oxygens (including phenoxy) is 1. The van der Waals surface area contributed by atoms with Crippen LogP contribution in [-0.4, -0.2) is 94.7 Å². The molecule has 9 nitrogen and oxygen atoms in total. The lowest BCUT2D eigenvalue weighted by Gasteiger charge is -2.36. The van der Waals surface area contributed by atoms with E-state index in [1.165, 1.54) is 9.80 Å². The van der Waals surface area contributed by atoms with E-state index in [2.05, 4.69) is 5.10 Å². The Morgan fingerprint density at radius 2 is 1.37 bits per heavy atom. The molecule has 35 heavy (non-hydrogen) atoms. The molecule has 5 rings (SSSR count). The van der Waals surface area contributed by atoms with Crippen LogP contribution < -0.4 is 0 Å². The average molecular weight is 474 g/mol. The topological polar surface area (TPSA) is 88.0 Å². The summed E-state index contributed by atoms with van der Waals surface area (Å²) in [4.78, 5) is 43.2. The first-order chi connectivity index (χ1) is 17.1. The third-order valence-electron chi connectivity index (χ3n) is 6.39. The minimum atomic E-state index is -0.506. The standard InChI is InChI=1S/C26H27N5O4/c32-24(28-11-13-29(14-12-28)25(33)26(34)30-15-17-35-18-16-30)21-7-4-8-22(19-21)31-23(9-10-27-31)20-5-2-1-3-6-20/h1-10,19H,11-18H2. The average Bonchev–Trinajstić information content (AvgIpc) is 3.43. The lowest BCUT2D eigenvalue weighted by molar-refractivity contribution is -0.154. The number of nitrogens with zero attached hydrogens (tertiary/aromatic N) is 5. The Morgan fingerprint density at radius 1 is 0.714 bits per heavy atom. The van der Waals surface area contributed by atoms with Gasteiger partial charge in [-0.05, 0) is 24.3 Å². The molecular weight excluding hydrogens is 446 g/mol. The molecule has 3 aromatic rings. The second-order valence-electron chi connectivity index (χ2n) is 8.53. The van der Waals surface area contributed by atoms with Crippen LogP contribution >= 0.6 is 0 Å². The summed E-state index contributed by atoms with van der Waals surface area (Å²) >= 11 is 0. The van der Waals surface area contributed by atoms with Gasteiger partial charge < -0.3 is 19.4 Å². The molecule has 2 aromatic carbocycles. The molecule has 0 N–H and O–H groups in total. The minimum Gasteiger partial charge on any atom is -0.378 e. The molecule has 0 atom stereocenters. The Bertz CT molecular complexity index is 1210. The van der Waals surface area contributed by atoms with Crippen LogP contribution in [0.15, 0.2) is 66.9 Å². The molecule has 2 aliphatic heterocycles. The number of benzene rings is 2. The molecule has 0 spiro atoms. The van der Waals surface area contributed by atoms with Gasteiger partial charge >= 0.3 is 11.8 Å². The van der Waals surface area contributed by atoms with Crippen molar-refractivity contribution in [2.75, 3.05) is 52.5 Å². The lowest BCUT2D eigenvalue weighted by Crippen LogP contribution is -2.55. The normalized spacial score (nSPS) is 16.3. The number of hydrogen-bond acceptors (Lipinski definition) is 5. The Hall–Kier alpha value is -3.98. The fourth-order valence-electron chi connectivity index (χ4n) is 4.44. The zero-order valence-electron chi connectivity index (χ0n) is 19.4. The second-order valence-corrected chi connectivity index (χ2v) is 8.53. The van der Waals surface area contributed by atoms with Gasteiger partial charge in [-0.3, -0.25) is 14.4 Å².